The molecule has 0 aliphatic carbocycles. The Kier molecular flexibility index (Phi) is 3.56. The molecule has 1 atom stereocenters. The number of carboxylic acid groups (broad SMARTS) is 1. The minimum Gasteiger partial charge on any atom is -0.480 e. The van der Waals surface area contributed by atoms with Gasteiger partial charge in [-0.3, -0.25) is 10.1 Å². The fourth-order valence-corrected chi connectivity index (χ4v) is 1.59. The number of thiazole rings is 1. The van der Waals surface area contributed by atoms with Crippen LogP contribution < -0.4 is 5.32 Å². The molecule has 0 aliphatic heterocycles. The molecule has 0 amide bonds. The summed E-state index contributed by atoms with van der Waals surface area (Å²) in [4.78, 5) is 24.1. The quantitative estimate of drug-likeness (QED) is 0.585. The molecule has 1 aromatic heterocycles. The number of nitro groups is 1. The molecule has 1 aromatic rings. The minimum atomic E-state index is -1.00. The van der Waals surface area contributed by atoms with Crippen LogP contribution in [0.1, 0.15) is 13.3 Å². The Hall–Kier alpha value is -1.70. The predicted octanol–water partition coefficient (Wildman–Crippen LogP) is 1.33. The fourth-order valence-electron chi connectivity index (χ4n) is 0.904. The molecule has 0 saturated carbocycles. The first kappa shape index (κ1) is 11.4. The number of rotatable bonds is 5. The van der Waals surface area contributed by atoms with Gasteiger partial charge in [0.1, 0.15) is 12.2 Å². The molecule has 0 spiro atoms. The van der Waals surface area contributed by atoms with Crippen molar-refractivity contribution in [3.8, 4) is 0 Å². The van der Waals surface area contributed by atoms with E-state index >= 15 is 0 Å². The Morgan fingerprint density at radius 2 is 2.53 bits per heavy atom. The lowest BCUT2D eigenvalue weighted by molar-refractivity contribution is -0.380. The number of carbonyl (C=O) groups is 1. The van der Waals surface area contributed by atoms with Crippen LogP contribution in [0.5, 0.6) is 0 Å². The molecule has 82 valence electrons. The Morgan fingerprint density at radius 3 is 2.93 bits per heavy atom. The van der Waals surface area contributed by atoms with Crippen molar-refractivity contribution in [1.82, 2.24) is 4.98 Å². The van der Waals surface area contributed by atoms with E-state index in [1.54, 1.807) is 6.92 Å². The van der Waals surface area contributed by atoms with Gasteiger partial charge in [-0.2, -0.15) is 0 Å². The van der Waals surface area contributed by atoms with Gasteiger partial charge in [-0.05, 0) is 17.8 Å². The van der Waals surface area contributed by atoms with Crippen LogP contribution in [0.25, 0.3) is 0 Å². The summed E-state index contributed by atoms with van der Waals surface area (Å²) in [5.74, 6) is -1.00. The molecule has 8 heteroatoms. The van der Waals surface area contributed by atoms with Crippen molar-refractivity contribution in [2.75, 3.05) is 5.32 Å². The third-order valence-electron chi connectivity index (χ3n) is 1.68. The normalized spacial score (nSPS) is 12.1. The van der Waals surface area contributed by atoms with Gasteiger partial charge in [0.15, 0.2) is 5.13 Å². The van der Waals surface area contributed by atoms with E-state index in [9.17, 15) is 14.9 Å². The zero-order valence-corrected chi connectivity index (χ0v) is 8.65. The molecular formula is C7H9N3O4S. The molecular weight excluding hydrogens is 222 g/mol. The molecule has 15 heavy (non-hydrogen) atoms. The SMILES string of the molecule is CCC(Nc1ncc([N+](=O)[O-])s1)C(=O)O. The summed E-state index contributed by atoms with van der Waals surface area (Å²) in [6, 6.07) is -0.768. The Morgan fingerprint density at radius 1 is 1.87 bits per heavy atom. The van der Waals surface area contributed by atoms with Crippen molar-refractivity contribution < 1.29 is 14.8 Å². The highest BCUT2D eigenvalue weighted by molar-refractivity contribution is 7.18. The maximum absolute atomic E-state index is 10.7. The second-order valence-electron chi connectivity index (χ2n) is 2.70. The van der Waals surface area contributed by atoms with Gasteiger partial charge in [0.2, 0.25) is 0 Å². The number of aromatic nitrogens is 1. The zero-order valence-electron chi connectivity index (χ0n) is 7.84. The van der Waals surface area contributed by atoms with E-state index in [0.717, 1.165) is 17.5 Å². The molecule has 7 nitrogen and oxygen atoms in total. The lowest BCUT2D eigenvalue weighted by Crippen LogP contribution is -2.28. The maximum atomic E-state index is 10.7. The van der Waals surface area contributed by atoms with E-state index in [2.05, 4.69) is 10.3 Å². The zero-order chi connectivity index (χ0) is 11.4. The monoisotopic (exact) mass is 231 g/mol. The second-order valence-corrected chi connectivity index (χ2v) is 3.71. The summed E-state index contributed by atoms with van der Waals surface area (Å²) in [5, 5.41) is 21.8. The molecule has 0 radical (unpaired) electrons. The molecule has 0 bridgehead atoms. The standard InChI is InChI=1S/C7H9N3O4S/c1-2-4(6(11)12)9-7-8-3-5(15-7)10(13)14/h3-4H,2H2,1H3,(H,8,9)(H,11,12). The van der Waals surface area contributed by atoms with Crippen LogP contribution in [0.15, 0.2) is 6.20 Å². The molecule has 0 saturated heterocycles. The smallest absolute Gasteiger partial charge is 0.345 e. The summed E-state index contributed by atoms with van der Waals surface area (Å²) in [5.41, 5.74) is 0. The van der Waals surface area contributed by atoms with E-state index in [1.165, 1.54) is 0 Å². The average Bonchev–Trinajstić information content (AvgIpc) is 2.61. The highest BCUT2D eigenvalue weighted by Crippen LogP contribution is 2.25. The van der Waals surface area contributed by atoms with Crippen LogP contribution in [0.2, 0.25) is 0 Å². The Labute approximate surface area is 88.9 Å². The van der Waals surface area contributed by atoms with Gasteiger partial charge < -0.3 is 10.4 Å². The number of nitrogens with one attached hydrogen (secondary N) is 1. The number of nitrogens with zero attached hydrogens (tertiary/aromatic N) is 2. The summed E-state index contributed by atoms with van der Waals surface area (Å²) in [6.45, 7) is 1.70. The molecule has 0 aromatic carbocycles. The van der Waals surface area contributed by atoms with Crippen molar-refractivity contribution in [2.24, 2.45) is 0 Å². The van der Waals surface area contributed by atoms with Gasteiger partial charge in [0.25, 0.3) is 0 Å². The van der Waals surface area contributed by atoms with Crippen molar-refractivity contribution in [2.45, 2.75) is 19.4 Å². The first-order valence-corrected chi connectivity index (χ1v) is 4.95. The fraction of sp³-hybridized carbons (Fsp3) is 0.429. The van der Waals surface area contributed by atoms with E-state index < -0.39 is 16.9 Å². The predicted molar refractivity (Wildman–Crippen MR) is 54.1 cm³/mol. The van der Waals surface area contributed by atoms with Crippen molar-refractivity contribution in [3.05, 3.63) is 16.3 Å². The van der Waals surface area contributed by atoms with Gasteiger partial charge in [-0.1, -0.05) is 6.92 Å². The van der Waals surface area contributed by atoms with Crippen molar-refractivity contribution >= 4 is 27.4 Å². The van der Waals surface area contributed by atoms with Gasteiger partial charge >= 0.3 is 11.0 Å². The van der Waals surface area contributed by atoms with Crippen LogP contribution in [0.3, 0.4) is 0 Å². The third-order valence-corrected chi connectivity index (χ3v) is 2.56. The molecule has 2 N–H and O–H groups in total. The van der Waals surface area contributed by atoms with Gasteiger partial charge in [-0.15, -0.1) is 0 Å². The molecule has 0 fully saturated rings. The highest BCUT2D eigenvalue weighted by atomic mass is 32.1. The van der Waals surface area contributed by atoms with Crippen molar-refractivity contribution in [3.63, 3.8) is 0 Å². The molecule has 1 heterocycles. The van der Waals surface area contributed by atoms with Crippen LogP contribution in [-0.4, -0.2) is 27.0 Å². The number of hydrogen-bond donors (Lipinski definition) is 2. The number of hydrogen-bond acceptors (Lipinski definition) is 6. The first-order valence-electron chi connectivity index (χ1n) is 4.14. The van der Waals surface area contributed by atoms with E-state index in [-0.39, 0.29) is 10.1 Å². The third kappa shape index (κ3) is 2.88. The van der Waals surface area contributed by atoms with Crippen molar-refractivity contribution in [1.29, 1.82) is 0 Å². The van der Waals surface area contributed by atoms with Crippen LogP contribution in [0, 0.1) is 10.1 Å². The second kappa shape index (κ2) is 4.69. The Balaban J connectivity index is 2.71. The summed E-state index contributed by atoms with van der Waals surface area (Å²) in [6.07, 6.45) is 1.48. The highest BCUT2D eigenvalue weighted by Gasteiger charge is 2.18. The topological polar surface area (TPSA) is 105 Å². The van der Waals surface area contributed by atoms with Crippen LogP contribution >= 0.6 is 11.3 Å². The minimum absolute atomic E-state index is 0.113. The lowest BCUT2D eigenvalue weighted by atomic mass is 10.2. The lowest BCUT2D eigenvalue weighted by Gasteiger charge is -2.09. The van der Waals surface area contributed by atoms with Crippen LogP contribution in [0.4, 0.5) is 10.1 Å². The molecule has 1 rings (SSSR count). The average molecular weight is 231 g/mol. The number of carboxylic acids is 1. The largest absolute Gasteiger partial charge is 0.480 e. The molecule has 1 unspecified atom stereocenters. The van der Waals surface area contributed by atoms with Gasteiger partial charge in [0, 0.05) is 0 Å². The summed E-state index contributed by atoms with van der Waals surface area (Å²) >= 11 is 0.817. The maximum Gasteiger partial charge on any atom is 0.345 e. The first-order chi connectivity index (χ1) is 7.04. The van der Waals surface area contributed by atoms with Gasteiger partial charge in [0.05, 0.1) is 4.92 Å². The van der Waals surface area contributed by atoms with E-state index in [4.69, 9.17) is 5.11 Å². The Bertz CT molecular complexity index is 378. The summed E-state index contributed by atoms with van der Waals surface area (Å²) in [7, 11) is 0. The van der Waals surface area contributed by atoms with E-state index in [0.29, 0.717) is 6.42 Å². The number of aliphatic carboxylic acids is 1. The summed E-state index contributed by atoms with van der Waals surface area (Å²) < 4.78 is 0. The van der Waals surface area contributed by atoms with Crippen LogP contribution in [-0.2, 0) is 4.79 Å². The van der Waals surface area contributed by atoms with Gasteiger partial charge in [-0.25, -0.2) is 9.78 Å². The molecule has 0 aliphatic rings. The van der Waals surface area contributed by atoms with E-state index in [1.807, 2.05) is 0 Å². The number of anilines is 1.